The lowest BCUT2D eigenvalue weighted by Crippen LogP contribution is -2.43. The van der Waals surface area contributed by atoms with Crippen molar-refractivity contribution < 1.29 is 9.59 Å². The molecule has 0 spiro atoms. The average molecular weight is 226 g/mol. The van der Waals surface area contributed by atoms with Crippen LogP contribution in [-0.4, -0.2) is 29.3 Å². The molecule has 0 aromatic heterocycles. The first-order valence-electron chi connectivity index (χ1n) is 4.91. The quantitative estimate of drug-likeness (QED) is 0.678. The standard InChI is InChI=1S/C11H6N4O2/c16-10-11(17)15-9-8(14-10)12-7(13-9)6-4-2-1-3-5-6/h1-5H,(H,12,13,14,15,16,17). The number of carbonyl (C=O) groups is 2. The summed E-state index contributed by atoms with van der Waals surface area (Å²) in [6.45, 7) is 0. The van der Waals surface area contributed by atoms with Crippen LogP contribution in [0.4, 0.5) is 0 Å². The SMILES string of the molecule is O=C1N=C2N=C(c3ccccc3)N=C2NC1=O. The fourth-order valence-corrected chi connectivity index (χ4v) is 1.52. The van der Waals surface area contributed by atoms with Gasteiger partial charge in [-0.3, -0.25) is 14.9 Å². The summed E-state index contributed by atoms with van der Waals surface area (Å²) in [4.78, 5) is 33.9. The minimum absolute atomic E-state index is 0.161. The molecular formula is C11H6N4O2. The zero-order valence-electron chi connectivity index (χ0n) is 8.54. The molecule has 17 heavy (non-hydrogen) atoms. The van der Waals surface area contributed by atoms with E-state index in [1.807, 2.05) is 30.3 Å². The molecule has 0 saturated carbocycles. The van der Waals surface area contributed by atoms with Crippen molar-refractivity contribution in [3.05, 3.63) is 35.9 Å². The number of carbonyl (C=O) groups excluding carboxylic acids is 2. The van der Waals surface area contributed by atoms with E-state index >= 15 is 0 Å². The third kappa shape index (κ3) is 1.55. The number of nitrogens with one attached hydrogen (secondary N) is 1. The van der Waals surface area contributed by atoms with Gasteiger partial charge in [0.2, 0.25) is 5.84 Å². The number of benzene rings is 1. The largest absolute Gasteiger partial charge is 0.337 e. The second-order valence-corrected chi connectivity index (χ2v) is 3.46. The van der Waals surface area contributed by atoms with Gasteiger partial charge in [-0.25, -0.2) is 9.98 Å². The highest BCUT2D eigenvalue weighted by Gasteiger charge is 2.29. The summed E-state index contributed by atoms with van der Waals surface area (Å²) in [5, 5.41) is 2.34. The van der Waals surface area contributed by atoms with Crippen molar-refractivity contribution in [3.63, 3.8) is 0 Å². The molecule has 0 bridgehead atoms. The smallest absolute Gasteiger partial charge is 0.299 e. The first-order valence-corrected chi connectivity index (χ1v) is 4.91. The average Bonchev–Trinajstić information content (AvgIpc) is 2.74. The van der Waals surface area contributed by atoms with Crippen LogP contribution < -0.4 is 5.32 Å². The molecule has 0 unspecified atom stereocenters. The van der Waals surface area contributed by atoms with Gasteiger partial charge >= 0.3 is 11.8 Å². The summed E-state index contributed by atoms with van der Waals surface area (Å²) in [6, 6.07) is 9.26. The second-order valence-electron chi connectivity index (χ2n) is 3.46. The van der Waals surface area contributed by atoms with Crippen molar-refractivity contribution >= 4 is 29.3 Å². The molecule has 1 aromatic rings. The van der Waals surface area contributed by atoms with E-state index in [1.165, 1.54) is 0 Å². The predicted molar refractivity (Wildman–Crippen MR) is 61.0 cm³/mol. The van der Waals surface area contributed by atoms with E-state index in [0.717, 1.165) is 5.56 Å². The van der Waals surface area contributed by atoms with E-state index in [1.54, 1.807) is 0 Å². The van der Waals surface area contributed by atoms with Crippen molar-refractivity contribution in [1.29, 1.82) is 0 Å². The van der Waals surface area contributed by atoms with Gasteiger partial charge in [-0.15, -0.1) is 0 Å². The van der Waals surface area contributed by atoms with Crippen LogP contribution in [0.5, 0.6) is 0 Å². The molecular weight excluding hydrogens is 220 g/mol. The number of aliphatic imine (C=N–C) groups is 3. The highest BCUT2D eigenvalue weighted by molar-refractivity contribution is 6.59. The Morgan fingerprint density at radius 3 is 2.41 bits per heavy atom. The molecule has 0 aliphatic carbocycles. The van der Waals surface area contributed by atoms with Crippen LogP contribution in [0, 0.1) is 0 Å². The number of hydrogen-bond donors (Lipinski definition) is 1. The molecule has 1 N–H and O–H groups in total. The highest BCUT2D eigenvalue weighted by atomic mass is 16.2. The van der Waals surface area contributed by atoms with Crippen LogP contribution in [0.3, 0.4) is 0 Å². The monoisotopic (exact) mass is 226 g/mol. The minimum Gasteiger partial charge on any atom is -0.299 e. The Labute approximate surface area is 95.8 Å². The summed E-state index contributed by atoms with van der Waals surface area (Å²) in [7, 11) is 0. The van der Waals surface area contributed by atoms with E-state index < -0.39 is 11.8 Å². The number of fused-ring (bicyclic) bond motifs is 1. The van der Waals surface area contributed by atoms with Crippen LogP contribution in [0.25, 0.3) is 0 Å². The summed E-state index contributed by atoms with van der Waals surface area (Å²) < 4.78 is 0. The Hall–Kier alpha value is -2.63. The van der Waals surface area contributed by atoms with Gasteiger partial charge in [0.05, 0.1) is 0 Å². The molecule has 2 heterocycles. The predicted octanol–water partition coefficient (Wildman–Crippen LogP) is -0.0998. The Morgan fingerprint density at radius 2 is 1.65 bits per heavy atom. The minimum atomic E-state index is -0.850. The number of amidine groups is 3. The van der Waals surface area contributed by atoms with Gasteiger partial charge in [0.1, 0.15) is 0 Å². The molecule has 2 aliphatic heterocycles. The molecule has 6 heteroatoms. The van der Waals surface area contributed by atoms with E-state index in [-0.39, 0.29) is 11.7 Å². The summed E-state index contributed by atoms with van der Waals surface area (Å²) in [5.74, 6) is -0.801. The lowest BCUT2D eigenvalue weighted by Gasteiger charge is -2.05. The number of amides is 2. The fourth-order valence-electron chi connectivity index (χ4n) is 1.52. The Kier molecular flexibility index (Phi) is 1.94. The first kappa shape index (κ1) is 9.59. The summed E-state index contributed by atoms with van der Waals surface area (Å²) in [5.41, 5.74) is 0.804. The van der Waals surface area contributed by atoms with Crippen LogP contribution in [-0.2, 0) is 9.59 Å². The van der Waals surface area contributed by atoms with Crippen molar-refractivity contribution in [2.24, 2.45) is 15.0 Å². The normalized spacial score (nSPS) is 18.0. The maximum Gasteiger partial charge on any atom is 0.337 e. The van der Waals surface area contributed by atoms with Crippen molar-refractivity contribution in [1.82, 2.24) is 5.32 Å². The van der Waals surface area contributed by atoms with Gasteiger partial charge in [-0.05, 0) is 0 Å². The van der Waals surface area contributed by atoms with Crippen molar-refractivity contribution in [2.45, 2.75) is 0 Å². The Morgan fingerprint density at radius 1 is 0.882 bits per heavy atom. The van der Waals surface area contributed by atoms with E-state index in [9.17, 15) is 9.59 Å². The second kappa shape index (κ2) is 3.44. The Balaban J connectivity index is 2.04. The molecule has 0 fully saturated rings. The molecule has 0 saturated heterocycles. The molecule has 82 valence electrons. The van der Waals surface area contributed by atoms with Gasteiger partial charge < -0.3 is 0 Å². The zero-order chi connectivity index (χ0) is 11.8. The van der Waals surface area contributed by atoms with Crippen LogP contribution in [0.2, 0.25) is 0 Å². The first-order chi connectivity index (χ1) is 8.24. The summed E-state index contributed by atoms with van der Waals surface area (Å²) >= 11 is 0. The number of nitrogens with zero attached hydrogens (tertiary/aromatic N) is 3. The van der Waals surface area contributed by atoms with Crippen LogP contribution in [0.15, 0.2) is 45.3 Å². The molecule has 0 atom stereocenters. The summed E-state index contributed by atoms with van der Waals surface area (Å²) in [6.07, 6.45) is 0. The molecule has 0 radical (unpaired) electrons. The van der Waals surface area contributed by atoms with Crippen molar-refractivity contribution in [2.75, 3.05) is 0 Å². The number of hydrogen-bond acceptors (Lipinski definition) is 4. The maximum atomic E-state index is 11.1. The molecule has 2 amide bonds. The highest BCUT2D eigenvalue weighted by Crippen LogP contribution is 2.10. The number of rotatable bonds is 1. The van der Waals surface area contributed by atoms with Gasteiger partial charge in [0.15, 0.2) is 11.7 Å². The molecule has 6 nitrogen and oxygen atoms in total. The lowest BCUT2D eigenvalue weighted by molar-refractivity contribution is -0.136. The topological polar surface area (TPSA) is 83.2 Å². The van der Waals surface area contributed by atoms with Gasteiger partial charge in [0, 0.05) is 5.56 Å². The van der Waals surface area contributed by atoms with Crippen LogP contribution in [0.1, 0.15) is 5.56 Å². The van der Waals surface area contributed by atoms with Gasteiger partial charge in [0.25, 0.3) is 0 Å². The van der Waals surface area contributed by atoms with E-state index in [2.05, 4.69) is 20.3 Å². The molecule has 3 rings (SSSR count). The maximum absolute atomic E-state index is 11.1. The van der Waals surface area contributed by atoms with Gasteiger partial charge in [-0.1, -0.05) is 30.3 Å². The van der Waals surface area contributed by atoms with E-state index in [4.69, 9.17) is 0 Å². The zero-order valence-corrected chi connectivity index (χ0v) is 8.54. The third-order valence-corrected chi connectivity index (χ3v) is 2.31. The van der Waals surface area contributed by atoms with Gasteiger partial charge in [-0.2, -0.15) is 4.99 Å². The lowest BCUT2D eigenvalue weighted by atomic mass is 10.2. The molecule has 2 aliphatic rings. The Bertz CT molecular complexity index is 614. The third-order valence-electron chi connectivity index (χ3n) is 2.31. The molecule has 1 aromatic carbocycles. The van der Waals surface area contributed by atoms with Crippen LogP contribution >= 0.6 is 0 Å². The fraction of sp³-hybridized carbons (Fsp3) is 0. The van der Waals surface area contributed by atoms with E-state index in [0.29, 0.717) is 5.84 Å². The van der Waals surface area contributed by atoms with Crippen molar-refractivity contribution in [3.8, 4) is 0 Å².